The summed E-state index contributed by atoms with van der Waals surface area (Å²) in [7, 11) is 0. The highest BCUT2D eigenvalue weighted by molar-refractivity contribution is 5.92. The van der Waals surface area contributed by atoms with Gasteiger partial charge in [-0.25, -0.2) is 4.39 Å². The maximum Gasteiger partial charge on any atom is 0.271 e. The van der Waals surface area contributed by atoms with E-state index in [0.717, 1.165) is 24.6 Å². The first kappa shape index (κ1) is 14.1. The van der Waals surface area contributed by atoms with E-state index >= 15 is 0 Å². The van der Waals surface area contributed by atoms with Gasteiger partial charge in [-0.05, 0) is 12.5 Å². The second-order valence-electron chi connectivity index (χ2n) is 4.10. The fourth-order valence-electron chi connectivity index (χ4n) is 1.54. The smallest absolute Gasteiger partial charge is 0.271 e. The van der Waals surface area contributed by atoms with Crippen LogP contribution in [0, 0.1) is 21.8 Å². The van der Waals surface area contributed by atoms with Gasteiger partial charge in [0.25, 0.3) is 5.69 Å². The minimum atomic E-state index is -0.683. The summed E-state index contributed by atoms with van der Waals surface area (Å²) < 4.78 is 13.4. The van der Waals surface area contributed by atoms with Crippen LogP contribution < -0.4 is 5.32 Å². The Morgan fingerprint density at radius 3 is 2.78 bits per heavy atom. The van der Waals surface area contributed by atoms with Gasteiger partial charge >= 0.3 is 0 Å². The lowest BCUT2D eigenvalue weighted by atomic mass is 10.1. The largest absolute Gasteiger partial charge is 0.323 e. The highest BCUT2D eigenvalue weighted by Gasteiger charge is 2.16. The van der Waals surface area contributed by atoms with Crippen LogP contribution in [0.2, 0.25) is 0 Å². The summed E-state index contributed by atoms with van der Waals surface area (Å²) in [5.74, 6) is -1.28. The third-order valence-electron chi connectivity index (χ3n) is 2.59. The first-order valence-electron chi connectivity index (χ1n) is 5.70. The van der Waals surface area contributed by atoms with Gasteiger partial charge in [-0.2, -0.15) is 0 Å². The standard InChI is InChI=1S/C12H15FN2O3/c1-3-4-8(2)12(16)14-11-7-9(15(17)18)5-6-10(11)13/h5-8H,3-4H2,1-2H3,(H,14,16)/t8-/m1/s1. The number of carbonyl (C=O) groups excluding carboxylic acids is 1. The molecule has 1 aromatic carbocycles. The van der Waals surface area contributed by atoms with Crippen LogP contribution in [0.4, 0.5) is 15.8 Å². The summed E-state index contributed by atoms with van der Waals surface area (Å²) in [5.41, 5.74) is -0.410. The van der Waals surface area contributed by atoms with Crippen LogP contribution in [0.5, 0.6) is 0 Å². The number of nitrogens with zero attached hydrogens (tertiary/aromatic N) is 1. The Labute approximate surface area is 104 Å². The first-order valence-corrected chi connectivity index (χ1v) is 5.70. The number of nitrogens with one attached hydrogen (secondary N) is 1. The van der Waals surface area contributed by atoms with Crippen molar-refractivity contribution in [3.8, 4) is 0 Å². The van der Waals surface area contributed by atoms with E-state index in [9.17, 15) is 19.3 Å². The van der Waals surface area contributed by atoms with Gasteiger partial charge in [0.1, 0.15) is 5.82 Å². The molecule has 5 nitrogen and oxygen atoms in total. The molecule has 0 aliphatic heterocycles. The molecule has 0 bridgehead atoms. The molecule has 6 heteroatoms. The lowest BCUT2D eigenvalue weighted by molar-refractivity contribution is -0.384. The number of rotatable bonds is 5. The SMILES string of the molecule is CCC[C@@H](C)C(=O)Nc1cc([N+](=O)[O-])ccc1F. The summed E-state index contributed by atoms with van der Waals surface area (Å²) >= 11 is 0. The average molecular weight is 254 g/mol. The molecule has 1 amide bonds. The Morgan fingerprint density at radius 2 is 2.22 bits per heavy atom. The Balaban J connectivity index is 2.86. The monoisotopic (exact) mass is 254 g/mol. The van der Waals surface area contributed by atoms with Crippen molar-refractivity contribution >= 4 is 17.3 Å². The molecule has 0 aliphatic rings. The van der Waals surface area contributed by atoms with Crippen LogP contribution in [0.15, 0.2) is 18.2 Å². The lowest BCUT2D eigenvalue weighted by Crippen LogP contribution is -2.20. The summed E-state index contributed by atoms with van der Waals surface area (Å²) in [4.78, 5) is 21.6. The topological polar surface area (TPSA) is 72.2 Å². The zero-order valence-electron chi connectivity index (χ0n) is 10.3. The van der Waals surface area contributed by atoms with Gasteiger partial charge in [0, 0.05) is 18.1 Å². The van der Waals surface area contributed by atoms with Crippen LogP contribution in [-0.4, -0.2) is 10.8 Å². The third-order valence-corrected chi connectivity index (χ3v) is 2.59. The molecular formula is C12H15FN2O3. The van der Waals surface area contributed by atoms with Crippen molar-refractivity contribution in [2.75, 3.05) is 5.32 Å². The molecule has 18 heavy (non-hydrogen) atoms. The normalized spacial score (nSPS) is 11.9. The van der Waals surface area contributed by atoms with Crippen molar-refractivity contribution in [2.45, 2.75) is 26.7 Å². The number of nitro benzene ring substituents is 1. The predicted molar refractivity (Wildman–Crippen MR) is 65.8 cm³/mol. The van der Waals surface area contributed by atoms with Crippen molar-refractivity contribution in [2.24, 2.45) is 5.92 Å². The van der Waals surface area contributed by atoms with Gasteiger partial charge in [-0.1, -0.05) is 20.3 Å². The van der Waals surface area contributed by atoms with Gasteiger partial charge in [0.2, 0.25) is 5.91 Å². The molecule has 0 aromatic heterocycles. The van der Waals surface area contributed by atoms with Gasteiger partial charge in [0.15, 0.2) is 0 Å². The molecule has 0 heterocycles. The quantitative estimate of drug-likeness (QED) is 0.648. The van der Waals surface area contributed by atoms with Crippen LogP contribution in [0.3, 0.4) is 0 Å². The molecule has 1 N–H and O–H groups in total. The van der Waals surface area contributed by atoms with Crippen LogP contribution in [0.1, 0.15) is 26.7 Å². The fraction of sp³-hybridized carbons (Fsp3) is 0.417. The number of non-ortho nitro benzene ring substituents is 1. The van der Waals surface area contributed by atoms with Crippen molar-refractivity contribution in [1.29, 1.82) is 0 Å². The summed E-state index contributed by atoms with van der Waals surface area (Å²) in [5, 5.41) is 12.9. The molecule has 1 aromatic rings. The molecular weight excluding hydrogens is 239 g/mol. The molecule has 1 rings (SSSR count). The predicted octanol–water partition coefficient (Wildman–Crippen LogP) is 3.11. The highest BCUT2D eigenvalue weighted by Crippen LogP contribution is 2.22. The maximum atomic E-state index is 13.4. The van der Waals surface area contributed by atoms with E-state index in [1.54, 1.807) is 6.92 Å². The van der Waals surface area contributed by atoms with Gasteiger partial charge in [0.05, 0.1) is 10.6 Å². The molecule has 1 atom stereocenters. The molecule has 0 saturated carbocycles. The number of halogens is 1. The zero-order valence-corrected chi connectivity index (χ0v) is 10.3. The van der Waals surface area contributed by atoms with Gasteiger partial charge in [-0.3, -0.25) is 14.9 Å². The number of hydrogen-bond donors (Lipinski definition) is 1. The average Bonchev–Trinajstić information content (AvgIpc) is 2.31. The van der Waals surface area contributed by atoms with E-state index < -0.39 is 10.7 Å². The summed E-state index contributed by atoms with van der Waals surface area (Å²) in [6, 6.07) is 3.05. The van der Waals surface area contributed by atoms with E-state index in [2.05, 4.69) is 5.32 Å². The molecule has 0 spiro atoms. The first-order chi connectivity index (χ1) is 8.45. The lowest BCUT2D eigenvalue weighted by Gasteiger charge is -2.11. The maximum absolute atomic E-state index is 13.4. The van der Waals surface area contributed by atoms with Crippen molar-refractivity contribution in [3.05, 3.63) is 34.1 Å². The second-order valence-corrected chi connectivity index (χ2v) is 4.10. The number of carbonyl (C=O) groups is 1. The van der Waals surface area contributed by atoms with Crippen molar-refractivity contribution in [1.82, 2.24) is 0 Å². The summed E-state index contributed by atoms with van der Waals surface area (Å²) in [6.07, 6.45) is 1.52. The minimum absolute atomic E-state index is 0.155. The van der Waals surface area contributed by atoms with E-state index in [1.807, 2.05) is 6.92 Å². The number of hydrogen-bond acceptors (Lipinski definition) is 3. The van der Waals surface area contributed by atoms with Gasteiger partial charge < -0.3 is 5.32 Å². The molecule has 0 saturated heterocycles. The Bertz CT molecular complexity index is 463. The van der Waals surface area contributed by atoms with E-state index in [1.165, 1.54) is 0 Å². The minimum Gasteiger partial charge on any atom is -0.323 e. The van der Waals surface area contributed by atoms with Crippen molar-refractivity contribution in [3.63, 3.8) is 0 Å². The number of benzene rings is 1. The molecule has 0 fully saturated rings. The fourth-order valence-corrected chi connectivity index (χ4v) is 1.54. The number of nitro groups is 1. The Hall–Kier alpha value is -1.98. The van der Waals surface area contributed by atoms with Crippen LogP contribution in [-0.2, 0) is 4.79 Å². The molecule has 98 valence electrons. The summed E-state index contributed by atoms with van der Waals surface area (Å²) in [6.45, 7) is 3.67. The third kappa shape index (κ3) is 3.51. The van der Waals surface area contributed by atoms with E-state index in [0.29, 0.717) is 6.42 Å². The Kier molecular flexibility index (Phi) is 4.76. The second kappa shape index (κ2) is 6.09. The molecule has 0 radical (unpaired) electrons. The molecule has 0 aliphatic carbocycles. The number of amides is 1. The zero-order chi connectivity index (χ0) is 13.7. The van der Waals surface area contributed by atoms with Crippen molar-refractivity contribution < 1.29 is 14.1 Å². The highest BCUT2D eigenvalue weighted by atomic mass is 19.1. The van der Waals surface area contributed by atoms with E-state index in [-0.39, 0.29) is 23.2 Å². The molecule has 0 unspecified atom stereocenters. The van der Waals surface area contributed by atoms with E-state index in [4.69, 9.17) is 0 Å². The van der Waals surface area contributed by atoms with Gasteiger partial charge in [-0.15, -0.1) is 0 Å². The number of anilines is 1. The van der Waals surface area contributed by atoms with Crippen LogP contribution in [0.25, 0.3) is 0 Å². The Morgan fingerprint density at radius 1 is 1.56 bits per heavy atom. The van der Waals surface area contributed by atoms with Crippen LogP contribution >= 0.6 is 0 Å².